The Hall–Kier alpha value is -0.900. The van der Waals surface area contributed by atoms with Crippen LogP contribution in [0.5, 0.6) is 0 Å². The van der Waals surface area contributed by atoms with Crippen molar-refractivity contribution in [3.8, 4) is 0 Å². The Balaban J connectivity index is 1.92. The highest BCUT2D eigenvalue weighted by molar-refractivity contribution is 5.25. The Morgan fingerprint density at radius 1 is 1.14 bits per heavy atom. The quantitative estimate of drug-likeness (QED) is 0.906. The molecule has 1 aromatic carbocycles. The topological polar surface area (TPSA) is 38.5 Å². The van der Waals surface area contributed by atoms with Crippen LogP contribution in [0.3, 0.4) is 0 Å². The van der Waals surface area contributed by atoms with Crippen LogP contribution in [-0.2, 0) is 11.2 Å². The lowest BCUT2D eigenvalue weighted by Crippen LogP contribution is -2.47. The van der Waals surface area contributed by atoms with E-state index in [1.165, 1.54) is 11.1 Å². The highest BCUT2D eigenvalue weighted by atomic mass is 16.5. The SMILES string of the molecule is CC(C)Cc1ccc(C(N)CN2CC(C)OC(C)C2)cc1. The van der Waals surface area contributed by atoms with Crippen LogP contribution in [0, 0.1) is 5.92 Å². The lowest BCUT2D eigenvalue weighted by molar-refractivity contribution is -0.0691. The molecular formula is C18H30N2O. The van der Waals surface area contributed by atoms with Gasteiger partial charge in [0, 0.05) is 25.7 Å². The van der Waals surface area contributed by atoms with Crippen molar-refractivity contribution < 1.29 is 4.74 Å². The zero-order valence-electron chi connectivity index (χ0n) is 13.9. The van der Waals surface area contributed by atoms with Gasteiger partial charge in [0.25, 0.3) is 0 Å². The van der Waals surface area contributed by atoms with Crippen molar-refractivity contribution in [2.24, 2.45) is 11.7 Å². The van der Waals surface area contributed by atoms with Gasteiger partial charge < -0.3 is 10.5 Å². The van der Waals surface area contributed by atoms with Gasteiger partial charge >= 0.3 is 0 Å². The second-order valence-corrected chi connectivity index (χ2v) is 6.92. The van der Waals surface area contributed by atoms with Crippen LogP contribution in [-0.4, -0.2) is 36.7 Å². The van der Waals surface area contributed by atoms with E-state index in [9.17, 15) is 0 Å². The molecule has 1 heterocycles. The molecule has 2 rings (SSSR count). The molecule has 0 radical (unpaired) electrons. The molecule has 0 spiro atoms. The number of nitrogens with zero attached hydrogens (tertiary/aromatic N) is 1. The first-order valence-electron chi connectivity index (χ1n) is 8.16. The van der Waals surface area contributed by atoms with E-state index in [1.807, 2.05) is 0 Å². The summed E-state index contributed by atoms with van der Waals surface area (Å²) in [6, 6.07) is 8.90. The normalized spacial score (nSPS) is 25.2. The van der Waals surface area contributed by atoms with Gasteiger partial charge in [-0.05, 0) is 37.3 Å². The van der Waals surface area contributed by atoms with E-state index in [-0.39, 0.29) is 6.04 Å². The number of morpholine rings is 1. The third-order valence-corrected chi connectivity index (χ3v) is 4.00. The Kier molecular flexibility index (Phi) is 5.80. The summed E-state index contributed by atoms with van der Waals surface area (Å²) in [5, 5.41) is 0. The van der Waals surface area contributed by atoms with Crippen molar-refractivity contribution in [1.29, 1.82) is 0 Å². The smallest absolute Gasteiger partial charge is 0.0678 e. The molecule has 3 nitrogen and oxygen atoms in total. The summed E-state index contributed by atoms with van der Waals surface area (Å²) in [5.41, 5.74) is 9.01. The average Bonchev–Trinajstić information content (AvgIpc) is 2.37. The van der Waals surface area contributed by atoms with E-state index in [1.54, 1.807) is 0 Å². The van der Waals surface area contributed by atoms with Crippen LogP contribution < -0.4 is 5.73 Å². The van der Waals surface area contributed by atoms with Gasteiger partial charge in [-0.25, -0.2) is 0 Å². The molecule has 0 amide bonds. The second kappa shape index (κ2) is 7.39. The van der Waals surface area contributed by atoms with Crippen molar-refractivity contribution in [2.75, 3.05) is 19.6 Å². The van der Waals surface area contributed by atoms with Crippen LogP contribution in [0.4, 0.5) is 0 Å². The van der Waals surface area contributed by atoms with Gasteiger partial charge in [0.05, 0.1) is 12.2 Å². The zero-order chi connectivity index (χ0) is 15.4. The molecule has 118 valence electrons. The fraction of sp³-hybridized carbons (Fsp3) is 0.667. The largest absolute Gasteiger partial charge is 0.373 e. The summed E-state index contributed by atoms with van der Waals surface area (Å²) in [6.07, 6.45) is 1.73. The number of ether oxygens (including phenoxy) is 1. The minimum absolute atomic E-state index is 0.0793. The lowest BCUT2D eigenvalue weighted by atomic mass is 9.99. The molecule has 0 bridgehead atoms. The molecule has 1 aliphatic heterocycles. The first-order chi connectivity index (χ1) is 9.94. The Labute approximate surface area is 129 Å². The summed E-state index contributed by atoms with van der Waals surface area (Å²) < 4.78 is 5.77. The first kappa shape index (κ1) is 16.5. The van der Waals surface area contributed by atoms with Gasteiger partial charge in [0.2, 0.25) is 0 Å². The molecule has 1 aromatic rings. The van der Waals surface area contributed by atoms with Crippen LogP contribution in [0.2, 0.25) is 0 Å². The molecule has 3 unspecified atom stereocenters. The third-order valence-electron chi connectivity index (χ3n) is 4.00. The molecule has 21 heavy (non-hydrogen) atoms. The van der Waals surface area contributed by atoms with Gasteiger partial charge in [0.1, 0.15) is 0 Å². The van der Waals surface area contributed by atoms with Gasteiger partial charge in [-0.3, -0.25) is 4.90 Å². The molecule has 0 aromatic heterocycles. The summed E-state index contributed by atoms with van der Waals surface area (Å²) in [6.45, 7) is 11.6. The number of hydrogen-bond donors (Lipinski definition) is 1. The molecule has 3 heteroatoms. The van der Waals surface area contributed by atoms with Crippen LogP contribution >= 0.6 is 0 Å². The summed E-state index contributed by atoms with van der Waals surface area (Å²) in [5.74, 6) is 0.695. The summed E-state index contributed by atoms with van der Waals surface area (Å²) in [7, 11) is 0. The Morgan fingerprint density at radius 3 is 2.24 bits per heavy atom. The highest BCUT2D eigenvalue weighted by Gasteiger charge is 2.23. The van der Waals surface area contributed by atoms with Crippen LogP contribution in [0.25, 0.3) is 0 Å². The molecule has 2 N–H and O–H groups in total. The molecule has 1 fully saturated rings. The summed E-state index contributed by atoms with van der Waals surface area (Å²) >= 11 is 0. The fourth-order valence-electron chi connectivity index (χ4n) is 3.19. The molecule has 0 aliphatic carbocycles. The molecule has 3 atom stereocenters. The van der Waals surface area contributed by atoms with E-state index >= 15 is 0 Å². The number of nitrogens with two attached hydrogens (primary N) is 1. The molecular weight excluding hydrogens is 260 g/mol. The van der Waals surface area contributed by atoms with Crippen LogP contribution in [0.15, 0.2) is 24.3 Å². The van der Waals surface area contributed by atoms with E-state index in [4.69, 9.17) is 10.5 Å². The molecule has 1 aliphatic rings. The van der Waals surface area contributed by atoms with Crippen molar-refractivity contribution in [3.05, 3.63) is 35.4 Å². The maximum atomic E-state index is 6.39. The van der Waals surface area contributed by atoms with Crippen molar-refractivity contribution in [1.82, 2.24) is 4.90 Å². The number of benzene rings is 1. The monoisotopic (exact) mass is 290 g/mol. The van der Waals surface area contributed by atoms with Crippen molar-refractivity contribution in [2.45, 2.75) is 52.4 Å². The van der Waals surface area contributed by atoms with E-state index in [0.717, 1.165) is 26.1 Å². The molecule has 0 saturated carbocycles. The first-order valence-corrected chi connectivity index (χ1v) is 8.16. The number of rotatable bonds is 5. The minimum atomic E-state index is 0.0793. The maximum absolute atomic E-state index is 6.39. The van der Waals surface area contributed by atoms with E-state index < -0.39 is 0 Å². The highest BCUT2D eigenvalue weighted by Crippen LogP contribution is 2.18. The van der Waals surface area contributed by atoms with Crippen LogP contribution in [0.1, 0.15) is 44.9 Å². The fourth-order valence-corrected chi connectivity index (χ4v) is 3.19. The van der Waals surface area contributed by atoms with E-state index in [2.05, 4.69) is 56.9 Å². The lowest BCUT2D eigenvalue weighted by Gasteiger charge is -2.36. The van der Waals surface area contributed by atoms with E-state index in [0.29, 0.717) is 18.1 Å². The third kappa shape index (κ3) is 5.10. The van der Waals surface area contributed by atoms with Gasteiger partial charge in [-0.2, -0.15) is 0 Å². The maximum Gasteiger partial charge on any atom is 0.0678 e. The predicted octanol–water partition coefficient (Wildman–Crippen LogP) is 2.99. The van der Waals surface area contributed by atoms with Gasteiger partial charge in [-0.1, -0.05) is 38.1 Å². The second-order valence-electron chi connectivity index (χ2n) is 6.92. The Morgan fingerprint density at radius 2 is 1.71 bits per heavy atom. The average molecular weight is 290 g/mol. The zero-order valence-corrected chi connectivity index (χ0v) is 13.9. The standard InChI is InChI=1S/C18H30N2O/c1-13(2)9-16-5-7-17(8-6-16)18(19)12-20-10-14(3)21-15(4)11-20/h5-8,13-15,18H,9-12,19H2,1-4H3. The van der Waals surface area contributed by atoms with Gasteiger partial charge in [-0.15, -0.1) is 0 Å². The Bertz CT molecular complexity index is 419. The summed E-state index contributed by atoms with van der Waals surface area (Å²) in [4.78, 5) is 2.42. The van der Waals surface area contributed by atoms with Crippen molar-refractivity contribution in [3.63, 3.8) is 0 Å². The van der Waals surface area contributed by atoms with Gasteiger partial charge in [0.15, 0.2) is 0 Å². The number of hydrogen-bond acceptors (Lipinski definition) is 3. The van der Waals surface area contributed by atoms with Crippen molar-refractivity contribution >= 4 is 0 Å². The molecule has 1 saturated heterocycles. The predicted molar refractivity (Wildman–Crippen MR) is 88.4 cm³/mol. The minimum Gasteiger partial charge on any atom is -0.373 e.